The Kier molecular flexibility index (Phi) is 4.62. The van der Waals surface area contributed by atoms with Gasteiger partial charge in [0.15, 0.2) is 11.2 Å². The Balaban J connectivity index is 1.62. The molecule has 0 fully saturated rings. The van der Waals surface area contributed by atoms with Crippen LogP contribution < -0.4 is 16.6 Å². The lowest BCUT2D eigenvalue weighted by molar-refractivity contribution is 0.655. The van der Waals surface area contributed by atoms with Crippen LogP contribution in [0.15, 0.2) is 70.5 Å². The fourth-order valence-corrected chi connectivity index (χ4v) is 4.04. The first-order chi connectivity index (χ1) is 15.4. The topological polar surface area (TPSA) is 86.7 Å². The van der Waals surface area contributed by atoms with Crippen LogP contribution in [0.5, 0.6) is 0 Å². The second kappa shape index (κ2) is 7.49. The molecule has 8 nitrogen and oxygen atoms in total. The number of hydrogen-bond donors (Lipinski definition) is 1. The van der Waals surface area contributed by atoms with E-state index >= 15 is 0 Å². The minimum Gasteiger partial charge on any atom is -0.325 e. The van der Waals surface area contributed by atoms with Gasteiger partial charge < -0.3 is 9.88 Å². The van der Waals surface area contributed by atoms with Crippen LogP contribution in [0.1, 0.15) is 11.1 Å². The molecule has 5 aromatic rings. The maximum Gasteiger partial charge on any atom is 0.332 e. The van der Waals surface area contributed by atoms with Crippen molar-refractivity contribution < 1.29 is 0 Å². The smallest absolute Gasteiger partial charge is 0.325 e. The number of imidazole rings is 1. The third-order valence-corrected chi connectivity index (χ3v) is 5.80. The van der Waals surface area contributed by atoms with E-state index < -0.39 is 5.69 Å². The van der Waals surface area contributed by atoms with Crippen molar-refractivity contribution in [2.45, 2.75) is 13.5 Å². The summed E-state index contributed by atoms with van der Waals surface area (Å²) in [6.45, 7) is 2.25. The van der Waals surface area contributed by atoms with E-state index in [2.05, 4.69) is 28.3 Å². The van der Waals surface area contributed by atoms with E-state index in [0.29, 0.717) is 17.1 Å². The van der Waals surface area contributed by atoms with E-state index in [9.17, 15) is 9.59 Å². The Hall–Kier alpha value is -4.20. The maximum absolute atomic E-state index is 13.4. The quantitative estimate of drug-likeness (QED) is 0.477. The number of aryl methyl sites for hydroxylation is 3. The van der Waals surface area contributed by atoms with Crippen LogP contribution in [0, 0.1) is 6.92 Å². The zero-order valence-corrected chi connectivity index (χ0v) is 18.0. The average Bonchev–Trinajstić information content (AvgIpc) is 3.12. The summed E-state index contributed by atoms with van der Waals surface area (Å²) in [6.07, 6.45) is 3.33. The van der Waals surface area contributed by atoms with Gasteiger partial charge in [0, 0.05) is 32.2 Å². The van der Waals surface area contributed by atoms with Gasteiger partial charge in [-0.05, 0) is 47.0 Å². The third kappa shape index (κ3) is 3.17. The molecule has 0 aliphatic heterocycles. The van der Waals surface area contributed by atoms with Crippen molar-refractivity contribution in [3.63, 3.8) is 0 Å². The van der Waals surface area contributed by atoms with Gasteiger partial charge in [-0.15, -0.1) is 0 Å². The van der Waals surface area contributed by atoms with Crippen molar-refractivity contribution in [3.05, 3.63) is 92.9 Å². The van der Waals surface area contributed by atoms with E-state index in [1.165, 1.54) is 14.7 Å². The highest BCUT2D eigenvalue weighted by atomic mass is 16.2. The molecule has 0 atom stereocenters. The monoisotopic (exact) mass is 426 g/mol. The number of nitrogens with zero attached hydrogens (tertiary/aromatic N) is 5. The average molecular weight is 426 g/mol. The molecule has 0 aliphatic rings. The summed E-state index contributed by atoms with van der Waals surface area (Å²) in [5.74, 6) is 0.470. The van der Waals surface area contributed by atoms with Gasteiger partial charge in [0.25, 0.3) is 5.56 Å². The van der Waals surface area contributed by atoms with Gasteiger partial charge in [-0.1, -0.05) is 30.3 Å². The number of pyridine rings is 1. The van der Waals surface area contributed by atoms with Gasteiger partial charge in [-0.2, -0.15) is 4.98 Å². The van der Waals surface area contributed by atoms with Crippen LogP contribution in [-0.2, 0) is 20.6 Å². The van der Waals surface area contributed by atoms with Gasteiger partial charge in [0.1, 0.15) is 0 Å². The summed E-state index contributed by atoms with van der Waals surface area (Å²) in [7, 11) is 3.39. The highest BCUT2D eigenvalue weighted by molar-refractivity contribution is 5.86. The SMILES string of the molecule is Cc1cccc2cc(Cn3c(=O)c4c(nc(Nc5ccncc5)n4C)n(C)c3=O)ccc12. The first-order valence-corrected chi connectivity index (χ1v) is 10.3. The molecule has 160 valence electrons. The van der Waals surface area contributed by atoms with Gasteiger partial charge in [-0.3, -0.25) is 18.9 Å². The largest absolute Gasteiger partial charge is 0.332 e. The number of aromatic nitrogens is 5. The minimum absolute atomic E-state index is 0.184. The minimum atomic E-state index is -0.402. The fourth-order valence-electron chi connectivity index (χ4n) is 4.04. The molecular weight excluding hydrogens is 404 g/mol. The standard InChI is InChI=1S/C24H22N6O2/c1-15-5-4-6-17-13-16(7-8-19(15)17)14-30-22(31)20-21(29(3)24(30)32)27-23(28(20)2)26-18-9-11-25-12-10-18/h4-13H,14H2,1-3H3,(H,25,26,27). The number of anilines is 2. The Labute approximate surface area is 183 Å². The van der Waals surface area contributed by atoms with Crippen LogP contribution in [0.4, 0.5) is 11.6 Å². The Morgan fingerprint density at radius 2 is 1.75 bits per heavy atom. The summed E-state index contributed by atoms with van der Waals surface area (Å²) in [5, 5.41) is 5.42. The first kappa shape index (κ1) is 19.7. The Bertz CT molecular complexity index is 1590. The van der Waals surface area contributed by atoms with Gasteiger partial charge in [0.05, 0.1) is 6.54 Å². The van der Waals surface area contributed by atoms with Crippen molar-refractivity contribution in [2.75, 3.05) is 5.32 Å². The lowest BCUT2D eigenvalue weighted by Gasteiger charge is -2.10. The molecule has 1 N–H and O–H groups in total. The molecule has 5 rings (SSSR count). The molecule has 0 aliphatic carbocycles. The number of fused-ring (bicyclic) bond motifs is 2. The highest BCUT2D eigenvalue weighted by Gasteiger charge is 2.19. The maximum atomic E-state index is 13.4. The number of nitrogens with one attached hydrogen (secondary N) is 1. The van der Waals surface area contributed by atoms with E-state index in [0.717, 1.165) is 22.0 Å². The summed E-state index contributed by atoms with van der Waals surface area (Å²) < 4.78 is 4.36. The lowest BCUT2D eigenvalue weighted by atomic mass is 10.0. The summed E-state index contributed by atoms with van der Waals surface area (Å²) in [6, 6.07) is 15.7. The predicted molar refractivity (Wildman–Crippen MR) is 126 cm³/mol. The van der Waals surface area contributed by atoms with Crippen LogP contribution >= 0.6 is 0 Å². The Morgan fingerprint density at radius 3 is 2.53 bits per heavy atom. The lowest BCUT2D eigenvalue weighted by Crippen LogP contribution is -2.39. The van der Waals surface area contributed by atoms with Crippen molar-refractivity contribution in [3.8, 4) is 0 Å². The van der Waals surface area contributed by atoms with Gasteiger partial charge in [-0.25, -0.2) is 4.79 Å². The van der Waals surface area contributed by atoms with E-state index in [-0.39, 0.29) is 12.1 Å². The van der Waals surface area contributed by atoms with Crippen molar-refractivity contribution in [2.24, 2.45) is 14.1 Å². The zero-order valence-electron chi connectivity index (χ0n) is 18.0. The second-order valence-electron chi connectivity index (χ2n) is 7.89. The molecule has 0 bridgehead atoms. The van der Waals surface area contributed by atoms with Crippen molar-refractivity contribution in [1.82, 2.24) is 23.7 Å². The molecule has 0 unspecified atom stereocenters. The van der Waals surface area contributed by atoms with Crippen LogP contribution in [-0.4, -0.2) is 23.7 Å². The molecule has 0 saturated carbocycles. The summed E-state index contributed by atoms with van der Waals surface area (Å²) in [5.41, 5.74) is 2.79. The molecule has 32 heavy (non-hydrogen) atoms. The first-order valence-electron chi connectivity index (χ1n) is 10.3. The van der Waals surface area contributed by atoms with E-state index in [1.54, 1.807) is 43.2 Å². The van der Waals surface area contributed by atoms with Crippen LogP contribution in [0.3, 0.4) is 0 Å². The zero-order chi connectivity index (χ0) is 22.4. The normalized spacial score (nSPS) is 11.3. The molecule has 0 saturated heterocycles. The molecule has 8 heteroatoms. The molecule has 0 spiro atoms. The molecular formula is C24H22N6O2. The predicted octanol–water partition coefficient (Wildman–Crippen LogP) is 3.08. The summed E-state index contributed by atoms with van der Waals surface area (Å²) in [4.78, 5) is 34.9. The second-order valence-corrected chi connectivity index (χ2v) is 7.89. The third-order valence-electron chi connectivity index (χ3n) is 5.80. The van der Waals surface area contributed by atoms with E-state index in [1.807, 2.05) is 30.3 Å². The fraction of sp³-hybridized carbons (Fsp3) is 0.167. The van der Waals surface area contributed by atoms with Crippen molar-refractivity contribution in [1.29, 1.82) is 0 Å². The molecule has 0 amide bonds. The van der Waals surface area contributed by atoms with Gasteiger partial charge >= 0.3 is 5.69 Å². The van der Waals surface area contributed by atoms with Crippen LogP contribution in [0.25, 0.3) is 21.9 Å². The van der Waals surface area contributed by atoms with Gasteiger partial charge in [0.2, 0.25) is 5.95 Å². The number of hydrogen-bond acceptors (Lipinski definition) is 5. The molecule has 2 aromatic carbocycles. The summed E-state index contributed by atoms with van der Waals surface area (Å²) >= 11 is 0. The number of benzene rings is 2. The van der Waals surface area contributed by atoms with E-state index in [4.69, 9.17) is 0 Å². The molecule has 3 aromatic heterocycles. The highest BCUT2D eigenvalue weighted by Crippen LogP contribution is 2.21. The molecule has 0 radical (unpaired) electrons. The Morgan fingerprint density at radius 1 is 0.969 bits per heavy atom. The van der Waals surface area contributed by atoms with Crippen molar-refractivity contribution >= 4 is 33.6 Å². The van der Waals surface area contributed by atoms with Crippen LogP contribution in [0.2, 0.25) is 0 Å². The number of rotatable bonds is 4. The molecule has 3 heterocycles.